The first-order chi connectivity index (χ1) is 7.09. The Labute approximate surface area is 94.7 Å². The van der Waals surface area contributed by atoms with Gasteiger partial charge in [0.25, 0.3) is 5.69 Å². The summed E-state index contributed by atoms with van der Waals surface area (Å²) in [5.41, 5.74) is -0.996. The van der Waals surface area contributed by atoms with E-state index in [9.17, 15) is 13.8 Å². The number of nitrogens with one attached hydrogen (secondary N) is 1. The fourth-order valence-electron chi connectivity index (χ4n) is 1.41. The summed E-state index contributed by atoms with van der Waals surface area (Å²) in [4.78, 5) is 0. The van der Waals surface area contributed by atoms with Crippen LogP contribution in [0.25, 0.3) is 0 Å². The van der Waals surface area contributed by atoms with Crippen LogP contribution in [0.5, 0.6) is 0 Å². The molecule has 90 valence electrons. The summed E-state index contributed by atoms with van der Waals surface area (Å²) in [5, 5.41) is 9.55. The van der Waals surface area contributed by atoms with Gasteiger partial charge >= 0.3 is 0 Å². The quantitative estimate of drug-likeness (QED) is 0.629. The van der Waals surface area contributed by atoms with Crippen LogP contribution in [0.15, 0.2) is 18.3 Å². The molecule has 0 saturated carbocycles. The Balaban J connectivity index is 3.10. The van der Waals surface area contributed by atoms with Gasteiger partial charge < -0.3 is 0 Å². The van der Waals surface area contributed by atoms with E-state index in [1.807, 2.05) is 0 Å². The molecule has 1 unspecified atom stereocenters. The van der Waals surface area contributed by atoms with Gasteiger partial charge in [0, 0.05) is 32.3 Å². The minimum Gasteiger partial charge on any atom is -0.285 e. The molecular weight excluding hydrogens is 231 g/mol. The maximum atomic E-state index is 13.6. The summed E-state index contributed by atoms with van der Waals surface area (Å²) >= 11 is 0. The van der Waals surface area contributed by atoms with Crippen molar-refractivity contribution in [2.45, 2.75) is 25.3 Å². The molecule has 1 rings (SSSR count). The Morgan fingerprint density at radius 1 is 1.56 bits per heavy atom. The molecule has 4 nitrogen and oxygen atoms in total. The molecule has 0 bridgehead atoms. The van der Waals surface area contributed by atoms with Crippen molar-refractivity contribution < 1.29 is 18.5 Å². The highest BCUT2D eigenvalue weighted by atomic mass is 32.2. The van der Waals surface area contributed by atoms with E-state index in [-0.39, 0.29) is 11.4 Å². The van der Waals surface area contributed by atoms with Gasteiger partial charge in [-0.3, -0.25) is 9.99 Å². The van der Waals surface area contributed by atoms with Crippen molar-refractivity contribution in [3.63, 3.8) is 0 Å². The van der Waals surface area contributed by atoms with Gasteiger partial charge in [0.2, 0.25) is 6.20 Å². The van der Waals surface area contributed by atoms with Gasteiger partial charge in [0.15, 0.2) is 5.67 Å². The third-order valence-electron chi connectivity index (χ3n) is 2.04. The number of pyridine rings is 1. The summed E-state index contributed by atoms with van der Waals surface area (Å²) < 4.78 is 32.8. The van der Waals surface area contributed by atoms with E-state index in [1.165, 1.54) is 32.4 Å². The average Bonchev–Trinajstić information content (AvgIpc) is 1.97. The van der Waals surface area contributed by atoms with E-state index in [4.69, 9.17) is 4.78 Å². The normalized spacial score (nSPS) is 15.8. The topological polar surface area (TPSA) is 65.0 Å². The molecule has 0 amide bonds. The smallest absolute Gasteiger partial charge is 0.270 e. The first-order valence-electron chi connectivity index (χ1n) is 4.74. The van der Waals surface area contributed by atoms with Gasteiger partial charge in [-0.1, -0.05) is 0 Å². The lowest BCUT2D eigenvalue weighted by molar-refractivity contribution is -0.912. The molecule has 2 N–H and O–H groups in total. The second kappa shape index (κ2) is 4.01. The number of aromatic nitrogens is 1. The minimum absolute atomic E-state index is 0.0422. The molecule has 6 heteroatoms. The van der Waals surface area contributed by atoms with Gasteiger partial charge in [0.1, 0.15) is 0 Å². The molecule has 0 spiro atoms. The third-order valence-corrected chi connectivity index (χ3v) is 2.93. The SMILES string of the molecule is CC(C)(F)c1ccc(CS(C)(=N)=O)c[n+]1O. The Kier molecular flexibility index (Phi) is 3.23. The maximum Gasteiger partial charge on any atom is 0.270 e. The van der Waals surface area contributed by atoms with Crippen LogP contribution in [0.4, 0.5) is 4.39 Å². The van der Waals surface area contributed by atoms with Gasteiger partial charge in [-0.15, -0.1) is 0 Å². The van der Waals surface area contributed by atoms with Crippen LogP contribution < -0.4 is 4.73 Å². The number of nitrogens with zero attached hydrogens (tertiary/aromatic N) is 1. The van der Waals surface area contributed by atoms with Crippen LogP contribution in [0, 0.1) is 4.78 Å². The summed E-state index contributed by atoms with van der Waals surface area (Å²) in [6.45, 7) is 2.67. The monoisotopic (exact) mass is 247 g/mol. The second-order valence-electron chi connectivity index (χ2n) is 4.39. The molecule has 1 aromatic heterocycles. The van der Waals surface area contributed by atoms with E-state index in [2.05, 4.69) is 0 Å². The van der Waals surface area contributed by atoms with Crippen LogP contribution >= 0.6 is 0 Å². The zero-order valence-electron chi connectivity index (χ0n) is 9.53. The molecule has 0 fully saturated rings. The standard InChI is InChI=1S/C10H16FN2O2S/c1-10(2,11)9-5-4-8(6-13(9)14)7-16(3,12)15/h4-6,12,14H,7H2,1-3H3/q+1. The van der Waals surface area contributed by atoms with Gasteiger partial charge in [-0.25, -0.2) is 8.60 Å². The highest BCUT2D eigenvalue weighted by Gasteiger charge is 2.30. The third kappa shape index (κ3) is 3.44. The lowest BCUT2D eigenvalue weighted by Gasteiger charge is -2.09. The van der Waals surface area contributed by atoms with Gasteiger partial charge in [-0.05, 0) is 19.9 Å². The molecule has 0 aliphatic rings. The molecule has 0 saturated heterocycles. The fourth-order valence-corrected chi connectivity index (χ4v) is 2.21. The number of halogens is 1. The van der Waals surface area contributed by atoms with Crippen LogP contribution in [0.2, 0.25) is 0 Å². The molecule has 1 atom stereocenters. The van der Waals surface area contributed by atoms with Gasteiger partial charge in [0.05, 0.1) is 5.75 Å². The Morgan fingerprint density at radius 2 is 2.12 bits per heavy atom. The van der Waals surface area contributed by atoms with E-state index >= 15 is 0 Å². The van der Waals surface area contributed by atoms with Crippen LogP contribution in [0.1, 0.15) is 25.1 Å². The first kappa shape index (κ1) is 12.9. The fraction of sp³-hybridized carbons (Fsp3) is 0.500. The average molecular weight is 247 g/mol. The number of hydrogen-bond acceptors (Lipinski definition) is 3. The Bertz CT molecular complexity index is 492. The lowest BCUT2D eigenvalue weighted by Crippen LogP contribution is -2.40. The summed E-state index contributed by atoms with van der Waals surface area (Å²) in [6, 6.07) is 3.00. The molecule has 1 heterocycles. The number of hydrogen-bond donors (Lipinski definition) is 2. The predicted octanol–water partition coefficient (Wildman–Crippen LogP) is 1.59. The highest BCUT2D eigenvalue weighted by molar-refractivity contribution is 7.90. The second-order valence-corrected chi connectivity index (χ2v) is 6.69. The first-order valence-corrected chi connectivity index (χ1v) is 6.88. The summed E-state index contributed by atoms with van der Waals surface area (Å²) in [5.74, 6) is 0.0422. The van der Waals surface area contributed by atoms with Gasteiger partial charge in [-0.2, -0.15) is 0 Å². The zero-order valence-corrected chi connectivity index (χ0v) is 10.3. The van der Waals surface area contributed by atoms with Crippen molar-refractivity contribution >= 4 is 9.73 Å². The molecule has 0 aromatic carbocycles. The molecule has 16 heavy (non-hydrogen) atoms. The molecule has 1 aromatic rings. The molecule has 0 aliphatic heterocycles. The molecular formula is C10H16FN2O2S+. The molecule has 0 radical (unpaired) electrons. The van der Waals surface area contributed by atoms with Crippen LogP contribution in [-0.4, -0.2) is 15.7 Å². The van der Waals surface area contributed by atoms with Crippen molar-refractivity contribution in [3.05, 3.63) is 29.6 Å². The lowest BCUT2D eigenvalue weighted by atomic mass is 10.1. The minimum atomic E-state index is -2.66. The van der Waals surface area contributed by atoms with E-state index < -0.39 is 15.4 Å². The van der Waals surface area contributed by atoms with Crippen LogP contribution in [-0.2, 0) is 21.2 Å². The zero-order chi connectivity index (χ0) is 12.6. The van der Waals surface area contributed by atoms with Crippen molar-refractivity contribution in [2.24, 2.45) is 0 Å². The van der Waals surface area contributed by atoms with E-state index in [0.29, 0.717) is 10.3 Å². The number of alkyl halides is 1. The van der Waals surface area contributed by atoms with Crippen molar-refractivity contribution in [1.29, 1.82) is 4.78 Å². The van der Waals surface area contributed by atoms with Crippen molar-refractivity contribution in [2.75, 3.05) is 6.26 Å². The van der Waals surface area contributed by atoms with E-state index in [1.54, 1.807) is 6.07 Å². The highest BCUT2D eigenvalue weighted by Crippen LogP contribution is 2.21. The summed E-state index contributed by atoms with van der Waals surface area (Å²) in [7, 11) is -2.66. The summed E-state index contributed by atoms with van der Waals surface area (Å²) in [6.07, 6.45) is 2.61. The number of rotatable bonds is 3. The van der Waals surface area contributed by atoms with E-state index in [0.717, 1.165) is 0 Å². The predicted molar refractivity (Wildman–Crippen MR) is 58.4 cm³/mol. The maximum absolute atomic E-state index is 13.6. The molecule has 0 aliphatic carbocycles. The largest absolute Gasteiger partial charge is 0.285 e. The van der Waals surface area contributed by atoms with Crippen LogP contribution in [0.3, 0.4) is 0 Å². The Hall–Kier alpha value is -1.17. The van der Waals surface area contributed by atoms with Crippen molar-refractivity contribution in [3.8, 4) is 0 Å². The Morgan fingerprint density at radius 3 is 2.50 bits per heavy atom. The van der Waals surface area contributed by atoms with Crippen molar-refractivity contribution in [1.82, 2.24) is 0 Å².